The Hall–Kier alpha value is -1.99. The van der Waals surface area contributed by atoms with Gasteiger partial charge in [-0.05, 0) is 18.9 Å². The van der Waals surface area contributed by atoms with Gasteiger partial charge in [0.2, 0.25) is 0 Å². The van der Waals surface area contributed by atoms with Crippen LogP contribution in [0.5, 0.6) is 0 Å². The van der Waals surface area contributed by atoms with Crippen LogP contribution >= 0.6 is 11.3 Å². The molecule has 2 heterocycles. The molecule has 25 heavy (non-hydrogen) atoms. The third-order valence-corrected chi connectivity index (χ3v) is 5.03. The molecule has 0 unspecified atom stereocenters. The summed E-state index contributed by atoms with van der Waals surface area (Å²) in [6.45, 7) is 3.54. The largest absolute Gasteiger partial charge is 0.445 e. The molecule has 1 aromatic heterocycles. The summed E-state index contributed by atoms with van der Waals surface area (Å²) in [6, 6.07) is 9.46. The molecule has 5 nitrogen and oxygen atoms in total. The Labute approximate surface area is 150 Å². The van der Waals surface area contributed by atoms with Gasteiger partial charge in [0.15, 0.2) is 0 Å². The number of thiazole rings is 1. The number of alkyl halides is 1. The minimum absolute atomic E-state index is 0.0405. The lowest BCUT2D eigenvalue weighted by molar-refractivity contribution is 0.135. The molecule has 1 aliphatic rings. The molecule has 0 aliphatic carbocycles. The van der Waals surface area contributed by atoms with Crippen molar-refractivity contribution in [1.29, 1.82) is 0 Å². The van der Waals surface area contributed by atoms with E-state index in [1.54, 1.807) is 11.3 Å². The zero-order valence-corrected chi connectivity index (χ0v) is 15.0. The Bertz CT molecular complexity index is 695. The highest BCUT2D eigenvalue weighted by atomic mass is 32.1. The first-order chi connectivity index (χ1) is 12.1. The van der Waals surface area contributed by atoms with E-state index in [4.69, 9.17) is 4.74 Å². The molecule has 0 saturated carbocycles. The predicted octanol–water partition coefficient (Wildman–Crippen LogP) is 3.29. The van der Waals surface area contributed by atoms with Crippen LogP contribution in [0.1, 0.15) is 22.7 Å². The predicted molar refractivity (Wildman–Crippen MR) is 95.2 cm³/mol. The van der Waals surface area contributed by atoms with Crippen LogP contribution in [0.3, 0.4) is 0 Å². The molecule has 134 valence electrons. The Morgan fingerprint density at radius 2 is 2.24 bits per heavy atom. The fourth-order valence-corrected chi connectivity index (χ4v) is 3.60. The molecule has 1 aromatic carbocycles. The fraction of sp³-hybridized carbons (Fsp3) is 0.444. The number of aromatic nitrogens is 1. The Morgan fingerprint density at radius 1 is 1.44 bits per heavy atom. The molecule has 1 aliphatic heterocycles. The molecule has 1 fully saturated rings. The van der Waals surface area contributed by atoms with Crippen molar-refractivity contribution in [2.24, 2.45) is 0 Å². The van der Waals surface area contributed by atoms with Crippen LogP contribution in [-0.4, -0.2) is 41.3 Å². The van der Waals surface area contributed by atoms with Gasteiger partial charge in [-0.25, -0.2) is 14.2 Å². The molecule has 2 aromatic rings. The van der Waals surface area contributed by atoms with Crippen molar-refractivity contribution in [2.75, 3.05) is 13.1 Å². The van der Waals surface area contributed by atoms with Gasteiger partial charge < -0.3 is 10.1 Å². The number of benzene rings is 1. The van der Waals surface area contributed by atoms with Gasteiger partial charge in [0.25, 0.3) is 0 Å². The number of halogens is 1. The highest BCUT2D eigenvalue weighted by Gasteiger charge is 2.32. The van der Waals surface area contributed by atoms with Crippen LogP contribution in [0.2, 0.25) is 0 Å². The van der Waals surface area contributed by atoms with Crippen molar-refractivity contribution in [3.05, 3.63) is 52.0 Å². The van der Waals surface area contributed by atoms with E-state index in [0.29, 0.717) is 26.1 Å². The first-order valence-electron chi connectivity index (χ1n) is 8.34. The van der Waals surface area contributed by atoms with E-state index < -0.39 is 12.3 Å². The lowest BCUT2D eigenvalue weighted by Crippen LogP contribution is -2.40. The second kappa shape index (κ2) is 8.40. The van der Waals surface area contributed by atoms with Crippen LogP contribution in [0, 0.1) is 6.92 Å². The van der Waals surface area contributed by atoms with Gasteiger partial charge in [0.1, 0.15) is 12.8 Å². The molecule has 3 rings (SSSR count). The van der Waals surface area contributed by atoms with Gasteiger partial charge in [0.05, 0.1) is 10.7 Å². The average Bonchev–Trinajstić information content (AvgIpc) is 3.17. The summed E-state index contributed by atoms with van der Waals surface area (Å²) >= 11 is 1.59. The van der Waals surface area contributed by atoms with Crippen molar-refractivity contribution in [2.45, 2.75) is 38.7 Å². The first kappa shape index (κ1) is 17.8. The quantitative estimate of drug-likeness (QED) is 0.856. The van der Waals surface area contributed by atoms with E-state index in [0.717, 1.165) is 16.3 Å². The van der Waals surface area contributed by atoms with Gasteiger partial charge in [0, 0.05) is 31.1 Å². The number of nitrogens with zero attached hydrogens (tertiary/aromatic N) is 2. The molecule has 0 spiro atoms. The van der Waals surface area contributed by atoms with Crippen molar-refractivity contribution in [3.8, 4) is 0 Å². The highest BCUT2D eigenvalue weighted by molar-refractivity contribution is 7.09. The van der Waals surface area contributed by atoms with Gasteiger partial charge in [-0.1, -0.05) is 30.3 Å². The maximum Gasteiger partial charge on any atom is 0.407 e. The standard InChI is InChI=1S/C18H22FN3O2S/c1-13-21-16(12-25-13)10-22-9-15(19)7-17(22)8-20-18(23)24-11-14-5-3-2-4-6-14/h2-6,12,15,17H,7-11H2,1H3,(H,20,23)/t15-,17-/m0/s1. The molecule has 1 N–H and O–H groups in total. The minimum atomic E-state index is -0.869. The smallest absolute Gasteiger partial charge is 0.407 e. The van der Waals surface area contributed by atoms with Crippen molar-refractivity contribution < 1.29 is 13.9 Å². The molecular formula is C18H22FN3O2S. The number of likely N-dealkylation sites (tertiary alicyclic amines) is 1. The molecular weight excluding hydrogens is 341 g/mol. The number of aryl methyl sites for hydroxylation is 1. The van der Waals surface area contributed by atoms with E-state index in [1.807, 2.05) is 47.5 Å². The van der Waals surface area contributed by atoms with E-state index in [2.05, 4.69) is 10.3 Å². The van der Waals surface area contributed by atoms with Crippen molar-refractivity contribution in [1.82, 2.24) is 15.2 Å². The third-order valence-electron chi connectivity index (χ3n) is 4.20. The maximum absolute atomic E-state index is 13.8. The zero-order valence-electron chi connectivity index (χ0n) is 14.2. The maximum atomic E-state index is 13.8. The first-order valence-corrected chi connectivity index (χ1v) is 9.22. The molecule has 0 radical (unpaired) electrons. The molecule has 0 bridgehead atoms. The monoisotopic (exact) mass is 363 g/mol. The summed E-state index contributed by atoms with van der Waals surface area (Å²) in [6.07, 6.45) is -0.926. The summed E-state index contributed by atoms with van der Waals surface area (Å²) < 4.78 is 19.0. The van der Waals surface area contributed by atoms with E-state index in [-0.39, 0.29) is 12.6 Å². The highest BCUT2D eigenvalue weighted by Crippen LogP contribution is 2.23. The summed E-state index contributed by atoms with van der Waals surface area (Å²) in [7, 11) is 0. The SMILES string of the molecule is Cc1nc(CN2C[C@@H](F)C[C@H]2CNC(=O)OCc2ccccc2)cs1. The fourth-order valence-electron chi connectivity index (χ4n) is 2.99. The number of carbonyl (C=O) groups excluding carboxylic acids is 1. The third kappa shape index (κ3) is 5.24. The van der Waals surface area contributed by atoms with Gasteiger partial charge >= 0.3 is 6.09 Å². The number of amides is 1. The van der Waals surface area contributed by atoms with E-state index in [1.165, 1.54) is 0 Å². The van der Waals surface area contributed by atoms with Crippen molar-refractivity contribution >= 4 is 17.4 Å². The lowest BCUT2D eigenvalue weighted by Gasteiger charge is -2.23. The second-order valence-electron chi connectivity index (χ2n) is 6.22. The summed E-state index contributed by atoms with van der Waals surface area (Å²) in [5, 5.41) is 5.75. The van der Waals surface area contributed by atoms with Crippen LogP contribution in [-0.2, 0) is 17.9 Å². The molecule has 2 atom stereocenters. The van der Waals surface area contributed by atoms with Crippen molar-refractivity contribution in [3.63, 3.8) is 0 Å². The van der Waals surface area contributed by atoms with E-state index >= 15 is 0 Å². The second-order valence-corrected chi connectivity index (χ2v) is 7.28. The van der Waals surface area contributed by atoms with E-state index in [9.17, 15) is 9.18 Å². The molecule has 1 amide bonds. The van der Waals surface area contributed by atoms with Crippen LogP contribution in [0.25, 0.3) is 0 Å². The van der Waals surface area contributed by atoms with Crippen LogP contribution in [0.15, 0.2) is 35.7 Å². The number of nitrogens with one attached hydrogen (secondary N) is 1. The topological polar surface area (TPSA) is 54.5 Å². The van der Waals surface area contributed by atoms with Gasteiger partial charge in [-0.2, -0.15) is 0 Å². The molecule has 7 heteroatoms. The zero-order chi connectivity index (χ0) is 17.6. The number of rotatable bonds is 6. The Kier molecular flexibility index (Phi) is 5.99. The number of hydrogen-bond donors (Lipinski definition) is 1. The number of ether oxygens (including phenoxy) is 1. The summed E-state index contributed by atoms with van der Waals surface area (Å²) in [5.74, 6) is 0. The Balaban J connectivity index is 1.46. The number of alkyl carbamates (subject to hydrolysis) is 1. The summed E-state index contributed by atoms with van der Waals surface area (Å²) in [5.41, 5.74) is 1.89. The van der Waals surface area contributed by atoms with Crippen LogP contribution < -0.4 is 5.32 Å². The summed E-state index contributed by atoms with van der Waals surface area (Å²) in [4.78, 5) is 18.3. The Morgan fingerprint density at radius 3 is 2.96 bits per heavy atom. The average molecular weight is 363 g/mol. The van der Waals surface area contributed by atoms with Crippen LogP contribution in [0.4, 0.5) is 9.18 Å². The van der Waals surface area contributed by atoms with Gasteiger partial charge in [-0.15, -0.1) is 11.3 Å². The minimum Gasteiger partial charge on any atom is -0.445 e. The number of hydrogen-bond acceptors (Lipinski definition) is 5. The normalized spacial score (nSPS) is 20.6. The molecule has 1 saturated heterocycles. The number of carbonyl (C=O) groups is 1. The lowest BCUT2D eigenvalue weighted by atomic mass is 10.2. The van der Waals surface area contributed by atoms with Gasteiger partial charge in [-0.3, -0.25) is 4.90 Å².